The molecule has 1 aliphatic rings. The summed E-state index contributed by atoms with van der Waals surface area (Å²) in [5.74, 6) is -1.82. The molecule has 0 radical (unpaired) electrons. The van der Waals surface area contributed by atoms with Gasteiger partial charge in [-0.15, -0.1) is 0 Å². The molecule has 1 aromatic carbocycles. The summed E-state index contributed by atoms with van der Waals surface area (Å²) in [6, 6.07) is 2.85. The zero-order valence-electron chi connectivity index (χ0n) is 13.4. The van der Waals surface area contributed by atoms with E-state index in [0.29, 0.717) is 19.6 Å². The van der Waals surface area contributed by atoms with Crippen LogP contribution in [0.3, 0.4) is 0 Å². The predicted molar refractivity (Wildman–Crippen MR) is 82.8 cm³/mol. The van der Waals surface area contributed by atoms with Crippen molar-refractivity contribution >= 4 is 11.8 Å². The third kappa shape index (κ3) is 4.74. The van der Waals surface area contributed by atoms with E-state index in [9.17, 15) is 18.4 Å². The molecular weight excluding hydrogens is 302 g/mol. The van der Waals surface area contributed by atoms with E-state index in [4.69, 9.17) is 0 Å². The van der Waals surface area contributed by atoms with E-state index < -0.39 is 11.6 Å². The molecule has 0 unspecified atom stereocenters. The second-order valence-electron chi connectivity index (χ2n) is 6.32. The van der Waals surface area contributed by atoms with Crippen LogP contribution >= 0.6 is 0 Å². The summed E-state index contributed by atoms with van der Waals surface area (Å²) < 4.78 is 26.5. The molecule has 1 N–H and O–H groups in total. The monoisotopic (exact) mass is 324 g/mol. The Bertz CT molecular complexity index is 570. The molecule has 4 nitrogen and oxygen atoms in total. The van der Waals surface area contributed by atoms with Crippen LogP contribution in [0, 0.1) is 23.5 Å². The van der Waals surface area contributed by atoms with Crippen LogP contribution in [-0.4, -0.2) is 36.3 Å². The topological polar surface area (TPSA) is 49.4 Å². The Hall–Kier alpha value is -1.98. The summed E-state index contributed by atoms with van der Waals surface area (Å²) in [6.45, 7) is 5.20. The number of hydrogen-bond donors (Lipinski definition) is 1. The summed E-state index contributed by atoms with van der Waals surface area (Å²) in [7, 11) is 0. The number of likely N-dealkylation sites (tertiary alicyclic amines) is 1. The van der Waals surface area contributed by atoms with Crippen LogP contribution in [0.5, 0.6) is 0 Å². The standard InChI is InChI=1S/C17H22F2N2O2/c1-11(2)16(22)20-9-12-4-3-5-21(10-12)17(23)13-6-14(18)8-15(19)7-13/h6-8,11-12H,3-5,9-10H2,1-2H3,(H,20,22)/t12-/m1/s1. The fraction of sp³-hybridized carbons (Fsp3) is 0.529. The van der Waals surface area contributed by atoms with Crippen molar-refractivity contribution in [3.8, 4) is 0 Å². The number of carbonyl (C=O) groups excluding carboxylic acids is 2. The lowest BCUT2D eigenvalue weighted by Gasteiger charge is -2.33. The van der Waals surface area contributed by atoms with Crippen LogP contribution in [-0.2, 0) is 4.79 Å². The first-order valence-electron chi connectivity index (χ1n) is 7.90. The molecule has 1 fully saturated rings. The lowest BCUT2D eigenvalue weighted by Crippen LogP contribution is -2.44. The largest absolute Gasteiger partial charge is 0.356 e. The Kier molecular flexibility index (Phi) is 5.69. The number of amides is 2. The number of nitrogens with zero attached hydrogens (tertiary/aromatic N) is 1. The highest BCUT2D eigenvalue weighted by Crippen LogP contribution is 2.19. The zero-order valence-corrected chi connectivity index (χ0v) is 13.4. The molecule has 1 saturated heterocycles. The van der Waals surface area contributed by atoms with E-state index in [1.54, 1.807) is 4.90 Å². The van der Waals surface area contributed by atoms with E-state index >= 15 is 0 Å². The van der Waals surface area contributed by atoms with Gasteiger partial charge in [0.2, 0.25) is 5.91 Å². The second kappa shape index (κ2) is 7.53. The Morgan fingerprint density at radius 3 is 2.52 bits per heavy atom. The first-order chi connectivity index (χ1) is 10.9. The molecular formula is C17H22F2N2O2. The number of rotatable bonds is 4. The summed E-state index contributed by atoms with van der Waals surface area (Å²) in [4.78, 5) is 25.6. The van der Waals surface area contributed by atoms with Crippen molar-refractivity contribution < 1.29 is 18.4 Å². The molecule has 2 amide bonds. The third-order valence-electron chi connectivity index (χ3n) is 4.01. The maximum absolute atomic E-state index is 13.3. The van der Waals surface area contributed by atoms with Gasteiger partial charge >= 0.3 is 0 Å². The molecule has 1 atom stereocenters. The van der Waals surface area contributed by atoms with E-state index in [0.717, 1.165) is 31.0 Å². The number of benzene rings is 1. The van der Waals surface area contributed by atoms with Crippen LogP contribution < -0.4 is 5.32 Å². The quantitative estimate of drug-likeness (QED) is 0.925. The lowest BCUT2D eigenvalue weighted by molar-refractivity contribution is -0.124. The fourth-order valence-corrected chi connectivity index (χ4v) is 2.73. The van der Waals surface area contributed by atoms with E-state index in [1.807, 2.05) is 13.8 Å². The van der Waals surface area contributed by atoms with Gasteiger partial charge in [-0.05, 0) is 30.9 Å². The van der Waals surface area contributed by atoms with Crippen LogP contribution in [0.2, 0.25) is 0 Å². The van der Waals surface area contributed by atoms with Gasteiger partial charge in [-0.2, -0.15) is 0 Å². The molecule has 23 heavy (non-hydrogen) atoms. The highest BCUT2D eigenvalue weighted by molar-refractivity contribution is 5.94. The average Bonchev–Trinajstić information content (AvgIpc) is 2.51. The van der Waals surface area contributed by atoms with Gasteiger partial charge in [-0.1, -0.05) is 13.8 Å². The normalized spacial score (nSPS) is 18.1. The average molecular weight is 324 g/mol. The van der Waals surface area contributed by atoms with Crippen molar-refractivity contribution in [2.45, 2.75) is 26.7 Å². The number of hydrogen-bond acceptors (Lipinski definition) is 2. The predicted octanol–water partition coefficient (Wildman–Crippen LogP) is 2.59. The van der Waals surface area contributed by atoms with Gasteiger partial charge in [0, 0.05) is 37.2 Å². The van der Waals surface area contributed by atoms with Gasteiger partial charge in [0.25, 0.3) is 5.91 Å². The van der Waals surface area contributed by atoms with Gasteiger partial charge in [0.05, 0.1) is 0 Å². The number of carbonyl (C=O) groups is 2. The van der Waals surface area contributed by atoms with Crippen molar-refractivity contribution in [2.75, 3.05) is 19.6 Å². The number of halogens is 2. The van der Waals surface area contributed by atoms with Gasteiger partial charge in [-0.3, -0.25) is 9.59 Å². The molecule has 1 aromatic rings. The maximum Gasteiger partial charge on any atom is 0.254 e. The smallest absolute Gasteiger partial charge is 0.254 e. The van der Waals surface area contributed by atoms with Gasteiger partial charge in [0.15, 0.2) is 0 Å². The molecule has 0 bridgehead atoms. The van der Waals surface area contributed by atoms with Gasteiger partial charge in [-0.25, -0.2) is 8.78 Å². The van der Waals surface area contributed by atoms with Gasteiger partial charge in [0.1, 0.15) is 11.6 Å². The molecule has 0 aromatic heterocycles. The highest BCUT2D eigenvalue weighted by Gasteiger charge is 2.25. The first-order valence-corrected chi connectivity index (χ1v) is 7.90. The van der Waals surface area contributed by atoms with E-state index in [1.165, 1.54) is 0 Å². The maximum atomic E-state index is 13.3. The fourth-order valence-electron chi connectivity index (χ4n) is 2.73. The van der Waals surface area contributed by atoms with E-state index in [-0.39, 0.29) is 29.2 Å². The molecule has 1 aliphatic heterocycles. The molecule has 0 aliphatic carbocycles. The van der Waals surface area contributed by atoms with Crippen LogP contribution in [0.15, 0.2) is 18.2 Å². The number of nitrogens with one attached hydrogen (secondary N) is 1. The molecule has 2 rings (SSSR count). The molecule has 126 valence electrons. The summed E-state index contributed by atoms with van der Waals surface area (Å²) >= 11 is 0. The first kappa shape index (κ1) is 17.4. The minimum absolute atomic E-state index is 0.0133. The number of piperidine rings is 1. The van der Waals surface area contributed by atoms with Gasteiger partial charge < -0.3 is 10.2 Å². The molecule has 1 heterocycles. The molecule has 0 spiro atoms. The molecule has 6 heteroatoms. The Balaban J connectivity index is 1.97. The Labute approximate surface area is 134 Å². The van der Waals surface area contributed by atoms with Crippen molar-refractivity contribution in [3.05, 3.63) is 35.4 Å². The minimum atomic E-state index is -0.758. The Morgan fingerprint density at radius 2 is 1.91 bits per heavy atom. The summed E-state index contributed by atoms with van der Waals surface area (Å²) in [5.41, 5.74) is 0.0226. The summed E-state index contributed by atoms with van der Waals surface area (Å²) in [6.07, 6.45) is 1.73. The minimum Gasteiger partial charge on any atom is -0.356 e. The van der Waals surface area contributed by atoms with Crippen molar-refractivity contribution in [2.24, 2.45) is 11.8 Å². The SMILES string of the molecule is CC(C)C(=O)NC[C@H]1CCCN(C(=O)c2cc(F)cc(F)c2)C1. The van der Waals surface area contributed by atoms with Crippen molar-refractivity contribution in [3.63, 3.8) is 0 Å². The van der Waals surface area contributed by atoms with Crippen molar-refractivity contribution in [1.29, 1.82) is 0 Å². The second-order valence-corrected chi connectivity index (χ2v) is 6.32. The Morgan fingerprint density at radius 1 is 1.26 bits per heavy atom. The van der Waals surface area contributed by atoms with Crippen LogP contribution in [0.1, 0.15) is 37.0 Å². The lowest BCUT2D eigenvalue weighted by atomic mass is 9.97. The van der Waals surface area contributed by atoms with Crippen LogP contribution in [0.25, 0.3) is 0 Å². The third-order valence-corrected chi connectivity index (χ3v) is 4.01. The van der Waals surface area contributed by atoms with E-state index in [2.05, 4.69) is 5.32 Å². The summed E-state index contributed by atoms with van der Waals surface area (Å²) in [5, 5.41) is 2.87. The van der Waals surface area contributed by atoms with Crippen LogP contribution in [0.4, 0.5) is 8.78 Å². The highest BCUT2D eigenvalue weighted by atomic mass is 19.1. The zero-order chi connectivity index (χ0) is 17.0. The molecule has 0 saturated carbocycles. The van der Waals surface area contributed by atoms with Crippen molar-refractivity contribution in [1.82, 2.24) is 10.2 Å².